The van der Waals surface area contributed by atoms with Crippen molar-refractivity contribution in [3.63, 3.8) is 0 Å². The number of hydrogen-bond donors (Lipinski definition) is 1. The van der Waals surface area contributed by atoms with Crippen molar-refractivity contribution in [3.05, 3.63) is 34.0 Å². The molecule has 1 saturated heterocycles. The molecule has 2 aromatic rings. The third kappa shape index (κ3) is 3.61. The Hall–Kier alpha value is -1.89. The second kappa shape index (κ2) is 6.55. The molecule has 2 aromatic heterocycles. The Morgan fingerprint density at radius 1 is 1.42 bits per heavy atom. The van der Waals surface area contributed by atoms with Crippen molar-refractivity contribution in [1.82, 2.24) is 25.0 Å². The molecule has 1 saturated carbocycles. The van der Waals surface area contributed by atoms with Crippen LogP contribution in [0.4, 0.5) is 4.79 Å². The van der Waals surface area contributed by atoms with Gasteiger partial charge in [-0.2, -0.15) is 5.10 Å². The predicted molar refractivity (Wildman–Crippen MR) is 92.9 cm³/mol. The molecule has 0 spiro atoms. The highest BCUT2D eigenvalue weighted by Gasteiger charge is 2.28. The van der Waals surface area contributed by atoms with Crippen molar-refractivity contribution in [2.24, 2.45) is 13.0 Å². The van der Waals surface area contributed by atoms with Crippen LogP contribution in [-0.2, 0) is 20.0 Å². The van der Waals surface area contributed by atoms with E-state index in [1.54, 1.807) is 11.3 Å². The van der Waals surface area contributed by atoms with Crippen LogP contribution in [0.2, 0.25) is 0 Å². The fourth-order valence-electron chi connectivity index (χ4n) is 3.29. The summed E-state index contributed by atoms with van der Waals surface area (Å²) in [7, 11) is 1.94. The van der Waals surface area contributed by atoms with Gasteiger partial charge in [-0.15, -0.1) is 11.3 Å². The lowest BCUT2D eigenvalue weighted by molar-refractivity contribution is 0.206. The Morgan fingerprint density at radius 3 is 3.04 bits per heavy atom. The summed E-state index contributed by atoms with van der Waals surface area (Å²) in [5.74, 6) is 1.21. The van der Waals surface area contributed by atoms with Crippen molar-refractivity contribution in [3.8, 4) is 0 Å². The summed E-state index contributed by atoms with van der Waals surface area (Å²) in [5.41, 5.74) is 2.24. The Kier molecular flexibility index (Phi) is 4.26. The number of rotatable bonds is 5. The van der Waals surface area contributed by atoms with Crippen LogP contribution in [0.25, 0.3) is 0 Å². The minimum atomic E-state index is 0.0321. The fraction of sp³-hybridized carbons (Fsp3) is 0.588. The number of aromatic nitrogens is 3. The number of carbonyl (C=O) groups excluding carboxylic acids is 1. The predicted octanol–water partition coefficient (Wildman–Crippen LogP) is 2.53. The summed E-state index contributed by atoms with van der Waals surface area (Å²) in [6, 6.07) is 0.0321. The number of hydrogen-bond acceptors (Lipinski definition) is 4. The third-order valence-corrected chi connectivity index (χ3v) is 5.83. The minimum Gasteiger partial charge on any atom is -0.332 e. The number of thiazole rings is 1. The lowest BCUT2D eigenvalue weighted by Gasteiger charge is -2.17. The van der Waals surface area contributed by atoms with E-state index in [4.69, 9.17) is 0 Å². The smallest absolute Gasteiger partial charge is 0.317 e. The van der Waals surface area contributed by atoms with Crippen LogP contribution in [0.15, 0.2) is 17.8 Å². The quantitative estimate of drug-likeness (QED) is 0.906. The van der Waals surface area contributed by atoms with E-state index >= 15 is 0 Å². The van der Waals surface area contributed by atoms with Gasteiger partial charge in [0.1, 0.15) is 0 Å². The molecule has 2 aliphatic rings. The first kappa shape index (κ1) is 15.6. The number of nitrogens with one attached hydrogen (secondary N) is 1. The van der Waals surface area contributed by atoms with Gasteiger partial charge in [0.2, 0.25) is 0 Å². The SMILES string of the molecule is Cn1cc(C[C@@H]2CCN(C(=O)NCc3csc(C4CC4)n3)C2)cn1. The monoisotopic (exact) mass is 345 g/mol. The molecule has 24 heavy (non-hydrogen) atoms. The van der Waals surface area contributed by atoms with E-state index < -0.39 is 0 Å². The number of carbonyl (C=O) groups is 1. The average molecular weight is 345 g/mol. The van der Waals surface area contributed by atoms with Gasteiger partial charge in [-0.1, -0.05) is 0 Å². The van der Waals surface area contributed by atoms with Crippen LogP contribution < -0.4 is 5.32 Å². The molecule has 2 amide bonds. The zero-order valence-corrected chi connectivity index (χ0v) is 14.8. The van der Waals surface area contributed by atoms with Crippen molar-refractivity contribution in [2.45, 2.75) is 38.1 Å². The summed E-state index contributed by atoms with van der Waals surface area (Å²) in [4.78, 5) is 18.9. The first-order valence-electron chi connectivity index (χ1n) is 8.62. The molecule has 3 heterocycles. The molecular formula is C17H23N5OS. The van der Waals surface area contributed by atoms with Gasteiger partial charge in [0.15, 0.2) is 0 Å². The van der Waals surface area contributed by atoms with E-state index in [9.17, 15) is 4.79 Å². The van der Waals surface area contributed by atoms with Crippen LogP contribution in [-0.4, -0.2) is 38.8 Å². The maximum absolute atomic E-state index is 12.3. The van der Waals surface area contributed by atoms with Gasteiger partial charge in [0.05, 0.1) is 23.4 Å². The summed E-state index contributed by atoms with van der Waals surface area (Å²) in [5, 5.41) is 10.5. The second-order valence-corrected chi connectivity index (χ2v) is 7.83. The van der Waals surface area contributed by atoms with Gasteiger partial charge in [-0.25, -0.2) is 9.78 Å². The van der Waals surface area contributed by atoms with Crippen molar-refractivity contribution >= 4 is 17.4 Å². The van der Waals surface area contributed by atoms with E-state index in [2.05, 4.69) is 27.0 Å². The van der Waals surface area contributed by atoms with E-state index in [1.165, 1.54) is 23.4 Å². The number of nitrogens with zero attached hydrogens (tertiary/aromatic N) is 4. The summed E-state index contributed by atoms with van der Waals surface area (Å²) >= 11 is 1.72. The van der Waals surface area contributed by atoms with Crippen LogP contribution in [0.3, 0.4) is 0 Å². The van der Waals surface area contributed by atoms with Crippen LogP contribution in [0.5, 0.6) is 0 Å². The van der Waals surface area contributed by atoms with Crippen molar-refractivity contribution < 1.29 is 4.79 Å². The molecule has 1 N–H and O–H groups in total. The third-order valence-electron chi connectivity index (χ3n) is 4.77. The molecule has 0 unspecified atom stereocenters. The number of likely N-dealkylation sites (tertiary alicyclic amines) is 1. The molecule has 128 valence electrons. The van der Waals surface area contributed by atoms with Gasteiger partial charge in [-0.05, 0) is 37.2 Å². The molecule has 2 fully saturated rings. The van der Waals surface area contributed by atoms with E-state index in [1.807, 2.05) is 22.8 Å². The van der Waals surface area contributed by atoms with Gasteiger partial charge in [0, 0.05) is 37.6 Å². The molecule has 1 aliphatic heterocycles. The number of amides is 2. The highest BCUT2D eigenvalue weighted by Crippen LogP contribution is 2.41. The molecule has 0 radical (unpaired) electrons. The molecule has 7 heteroatoms. The highest BCUT2D eigenvalue weighted by molar-refractivity contribution is 7.09. The number of aryl methyl sites for hydroxylation is 1. The van der Waals surface area contributed by atoms with E-state index in [-0.39, 0.29) is 6.03 Å². The lowest BCUT2D eigenvalue weighted by Crippen LogP contribution is -2.38. The molecule has 1 atom stereocenters. The van der Waals surface area contributed by atoms with Crippen LogP contribution in [0.1, 0.15) is 41.4 Å². The Morgan fingerprint density at radius 2 is 2.29 bits per heavy atom. The molecule has 0 aromatic carbocycles. The summed E-state index contributed by atoms with van der Waals surface area (Å²) < 4.78 is 1.83. The minimum absolute atomic E-state index is 0.0321. The molecule has 4 rings (SSSR count). The maximum Gasteiger partial charge on any atom is 0.317 e. The van der Waals surface area contributed by atoms with Crippen molar-refractivity contribution in [2.75, 3.05) is 13.1 Å². The van der Waals surface area contributed by atoms with Gasteiger partial charge in [-0.3, -0.25) is 4.68 Å². The Balaban J connectivity index is 1.24. The average Bonchev–Trinajstić information content (AvgIpc) is 2.98. The summed E-state index contributed by atoms with van der Waals surface area (Å²) in [6.45, 7) is 2.19. The van der Waals surface area contributed by atoms with Gasteiger partial charge >= 0.3 is 6.03 Å². The lowest BCUT2D eigenvalue weighted by atomic mass is 10.0. The van der Waals surface area contributed by atoms with Crippen molar-refractivity contribution in [1.29, 1.82) is 0 Å². The highest BCUT2D eigenvalue weighted by atomic mass is 32.1. The van der Waals surface area contributed by atoms with E-state index in [0.29, 0.717) is 18.4 Å². The standard InChI is InChI=1S/C17H23N5OS/c1-21-9-13(7-19-21)6-12-4-5-22(10-12)17(23)18-8-15-11-24-16(20-15)14-2-3-14/h7,9,11-12,14H,2-6,8,10H2,1H3,(H,18,23)/t12-/m0/s1. The molecule has 0 bridgehead atoms. The summed E-state index contributed by atoms with van der Waals surface area (Å²) in [6.07, 6.45) is 8.57. The van der Waals surface area contributed by atoms with Crippen LogP contribution >= 0.6 is 11.3 Å². The first-order valence-corrected chi connectivity index (χ1v) is 9.50. The van der Waals surface area contributed by atoms with Gasteiger partial charge < -0.3 is 10.2 Å². The zero-order chi connectivity index (χ0) is 16.5. The molecule has 1 aliphatic carbocycles. The molecular weight excluding hydrogens is 322 g/mol. The van der Waals surface area contributed by atoms with E-state index in [0.717, 1.165) is 31.6 Å². The Labute approximate surface area is 145 Å². The first-order chi connectivity index (χ1) is 11.7. The number of urea groups is 1. The normalized spacial score (nSPS) is 20.5. The largest absolute Gasteiger partial charge is 0.332 e. The molecule has 6 nitrogen and oxygen atoms in total. The fourth-order valence-corrected chi connectivity index (χ4v) is 4.28. The maximum atomic E-state index is 12.3. The van der Waals surface area contributed by atoms with Gasteiger partial charge in [0.25, 0.3) is 0 Å². The van der Waals surface area contributed by atoms with Crippen LogP contribution in [0, 0.1) is 5.92 Å². The Bertz CT molecular complexity index is 720. The topological polar surface area (TPSA) is 63.1 Å². The second-order valence-electron chi connectivity index (χ2n) is 6.94. The zero-order valence-electron chi connectivity index (χ0n) is 13.9.